The van der Waals surface area contributed by atoms with Crippen molar-refractivity contribution in [2.45, 2.75) is 6.92 Å². The fourth-order valence-corrected chi connectivity index (χ4v) is 2.47. The average molecular weight is 355 g/mol. The lowest BCUT2D eigenvalue weighted by molar-refractivity contribution is -0.140. The summed E-state index contributed by atoms with van der Waals surface area (Å²) in [5, 5.41) is 20.9. The summed E-state index contributed by atoms with van der Waals surface area (Å²) in [5.74, 6) is -2.07. The van der Waals surface area contributed by atoms with Crippen molar-refractivity contribution in [3.8, 4) is 5.75 Å². The smallest absolute Gasteiger partial charge is 0.329 e. The average Bonchev–Trinajstić information content (AvgIpc) is 2.63. The van der Waals surface area contributed by atoms with Crippen LogP contribution in [0.1, 0.15) is 11.1 Å². The highest BCUT2D eigenvalue weighted by Gasteiger charge is 2.35. The van der Waals surface area contributed by atoms with Crippen LogP contribution >= 0.6 is 15.9 Å². The molecule has 1 fully saturated rings. The van der Waals surface area contributed by atoms with E-state index < -0.39 is 24.5 Å². The van der Waals surface area contributed by atoms with Gasteiger partial charge in [0.25, 0.3) is 5.91 Å². The van der Waals surface area contributed by atoms with Crippen molar-refractivity contribution in [1.82, 2.24) is 10.2 Å². The van der Waals surface area contributed by atoms with Gasteiger partial charge in [0.15, 0.2) is 0 Å². The molecule has 3 amide bonds. The van der Waals surface area contributed by atoms with Crippen LogP contribution in [-0.2, 0) is 9.59 Å². The summed E-state index contributed by atoms with van der Waals surface area (Å²) >= 11 is 3.27. The third-order valence-electron chi connectivity index (χ3n) is 2.85. The Labute approximate surface area is 128 Å². The first-order chi connectivity index (χ1) is 9.79. The molecule has 0 saturated carbocycles. The second-order valence-electron chi connectivity index (χ2n) is 4.43. The number of aryl methyl sites for hydroxylation is 1. The molecule has 1 heterocycles. The molecular formula is C13H11BrN2O5. The number of aliphatic carboxylic acids is 1. The number of hydrogen-bond acceptors (Lipinski definition) is 4. The van der Waals surface area contributed by atoms with Crippen LogP contribution in [-0.4, -0.2) is 39.6 Å². The predicted molar refractivity (Wildman–Crippen MR) is 76.4 cm³/mol. The minimum absolute atomic E-state index is 0.0237. The summed E-state index contributed by atoms with van der Waals surface area (Å²) in [4.78, 5) is 34.7. The van der Waals surface area contributed by atoms with Crippen molar-refractivity contribution in [2.75, 3.05) is 6.54 Å². The molecule has 1 aliphatic rings. The molecule has 3 N–H and O–H groups in total. The first-order valence-corrected chi connectivity index (χ1v) is 6.64. The van der Waals surface area contributed by atoms with Gasteiger partial charge < -0.3 is 15.5 Å². The zero-order valence-corrected chi connectivity index (χ0v) is 12.5. The van der Waals surface area contributed by atoms with Gasteiger partial charge in [-0.25, -0.2) is 9.69 Å². The van der Waals surface area contributed by atoms with E-state index in [0.717, 1.165) is 0 Å². The molecular weight excluding hydrogens is 344 g/mol. The maximum absolute atomic E-state index is 12.0. The number of benzene rings is 1. The summed E-state index contributed by atoms with van der Waals surface area (Å²) in [5.41, 5.74) is 0.840. The fraction of sp³-hybridized carbons (Fsp3) is 0.154. The summed E-state index contributed by atoms with van der Waals surface area (Å²) < 4.78 is 0.698. The van der Waals surface area contributed by atoms with Crippen LogP contribution < -0.4 is 5.32 Å². The summed E-state index contributed by atoms with van der Waals surface area (Å²) in [6.45, 7) is 0.972. The minimum atomic E-state index is -1.29. The van der Waals surface area contributed by atoms with Crippen molar-refractivity contribution in [3.63, 3.8) is 0 Å². The van der Waals surface area contributed by atoms with E-state index in [4.69, 9.17) is 5.11 Å². The molecule has 2 rings (SSSR count). The lowest BCUT2D eigenvalue weighted by Crippen LogP contribution is -2.35. The number of phenols is 1. The van der Waals surface area contributed by atoms with Crippen molar-refractivity contribution < 1.29 is 24.6 Å². The van der Waals surface area contributed by atoms with Crippen LogP contribution in [0.5, 0.6) is 5.75 Å². The predicted octanol–water partition coefficient (Wildman–Crippen LogP) is 1.44. The highest BCUT2D eigenvalue weighted by molar-refractivity contribution is 9.10. The molecule has 0 unspecified atom stereocenters. The number of carbonyl (C=O) groups excluding carboxylic acids is 2. The molecule has 1 aromatic carbocycles. The number of phenolic OH excluding ortho intramolecular Hbond substituents is 1. The van der Waals surface area contributed by atoms with Crippen molar-refractivity contribution in [1.29, 1.82) is 0 Å². The largest absolute Gasteiger partial charge is 0.507 e. The number of urea groups is 1. The number of carboxylic acids is 1. The molecule has 0 spiro atoms. The van der Waals surface area contributed by atoms with E-state index in [1.807, 2.05) is 0 Å². The number of nitrogens with one attached hydrogen (secondary N) is 1. The van der Waals surface area contributed by atoms with E-state index in [9.17, 15) is 19.5 Å². The highest BCUT2D eigenvalue weighted by atomic mass is 79.9. The van der Waals surface area contributed by atoms with Crippen LogP contribution in [0.4, 0.5) is 4.79 Å². The van der Waals surface area contributed by atoms with E-state index >= 15 is 0 Å². The Kier molecular flexibility index (Phi) is 3.99. The lowest BCUT2D eigenvalue weighted by atomic mass is 10.1. The first kappa shape index (κ1) is 15.0. The van der Waals surface area contributed by atoms with Gasteiger partial charge in [0.2, 0.25) is 0 Å². The standard InChI is InChI=1S/C13H11BrN2O5/c1-6-2-8(14)3-7(11(6)19)4-9-12(20)16(5-10(17)18)13(21)15-9/h2-4,19H,5H2,1H3,(H,15,21)(H,17,18)/b9-4+. The third kappa shape index (κ3) is 3.05. The van der Waals surface area contributed by atoms with Gasteiger partial charge >= 0.3 is 12.0 Å². The first-order valence-electron chi connectivity index (χ1n) is 5.85. The zero-order valence-electron chi connectivity index (χ0n) is 10.9. The van der Waals surface area contributed by atoms with E-state index in [1.165, 1.54) is 6.08 Å². The lowest BCUT2D eigenvalue weighted by Gasteiger charge is -2.07. The van der Waals surface area contributed by atoms with Crippen LogP contribution in [0.3, 0.4) is 0 Å². The fourth-order valence-electron chi connectivity index (χ4n) is 1.88. The Bertz CT molecular complexity index is 683. The number of carboxylic acid groups (broad SMARTS) is 1. The molecule has 0 radical (unpaired) electrons. The molecule has 110 valence electrons. The maximum atomic E-state index is 12.0. The topological polar surface area (TPSA) is 107 Å². The van der Waals surface area contributed by atoms with Gasteiger partial charge in [-0.15, -0.1) is 0 Å². The highest BCUT2D eigenvalue weighted by Crippen LogP contribution is 2.29. The van der Waals surface area contributed by atoms with Gasteiger partial charge in [0.1, 0.15) is 18.0 Å². The van der Waals surface area contributed by atoms with Crippen LogP contribution in [0, 0.1) is 6.92 Å². The molecule has 21 heavy (non-hydrogen) atoms. The number of imide groups is 1. The number of rotatable bonds is 3. The molecule has 1 aromatic rings. The maximum Gasteiger partial charge on any atom is 0.329 e. The quantitative estimate of drug-likeness (QED) is 0.562. The van der Waals surface area contributed by atoms with Gasteiger partial charge in [-0.1, -0.05) is 15.9 Å². The Morgan fingerprint density at radius 2 is 2.10 bits per heavy atom. The number of nitrogens with zero attached hydrogens (tertiary/aromatic N) is 1. The van der Waals surface area contributed by atoms with Gasteiger partial charge in [0, 0.05) is 10.0 Å². The number of aromatic hydroxyl groups is 1. The molecule has 1 aliphatic heterocycles. The van der Waals surface area contributed by atoms with Gasteiger partial charge in [0.05, 0.1) is 0 Å². The molecule has 0 bridgehead atoms. The van der Waals surface area contributed by atoms with E-state index in [2.05, 4.69) is 21.2 Å². The Balaban J connectivity index is 2.37. The monoisotopic (exact) mass is 354 g/mol. The van der Waals surface area contributed by atoms with E-state index in [0.29, 0.717) is 20.5 Å². The Morgan fingerprint density at radius 1 is 1.43 bits per heavy atom. The zero-order chi connectivity index (χ0) is 15.7. The molecule has 0 aromatic heterocycles. The van der Waals surface area contributed by atoms with Crippen molar-refractivity contribution >= 4 is 39.9 Å². The van der Waals surface area contributed by atoms with Gasteiger partial charge in [-0.3, -0.25) is 9.59 Å². The molecule has 7 nitrogen and oxygen atoms in total. The second kappa shape index (κ2) is 5.57. The number of carbonyl (C=O) groups is 3. The van der Waals surface area contributed by atoms with Gasteiger partial charge in [-0.2, -0.15) is 0 Å². The van der Waals surface area contributed by atoms with E-state index in [-0.39, 0.29) is 11.4 Å². The Morgan fingerprint density at radius 3 is 2.71 bits per heavy atom. The summed E-state index contributed by atoms with van der Waals surface area (Å²) in [6.07, 6.45) is 1.30. The molecule has 8 heteroatoms. The summed E-state index contributed by atoms with van der Waals surface area (Å²) in [7, 11) is 0. The SMILES string of the molecule is Cc1cc(Br)cc(/C=C2/NC(=O)N(CC(=O)O)C2=O)c1O. The number of halogens is 1. The second-order valence-corrected chi connectivity index (χ2v) is 5.35. The number of hydrogen-bond donors (Lipinski definition) is 3. The van der Waals surface area contributed by atoms with Crippen LogP contribution in [0.2, 0.25) is 0 Å². The van der Waals surface area contributed by atoms with Crippen molar-refractivity contribution in [3.05, 3.63) is 33.4 Å². The summed E-state index contributed by atoms with van der Waals surface area (Å²) in [6, 6.07) is 2.47. The normalized spacial score (nSPS) is 16.5. The van der Waals surface area contributed by atoms with Gasteiger partial charge in [-0.05, 0) is 30.7 Å². The number of amides is 3. The third-order valence-corrected chi connectivity index (χ3v) is 3.31. The van der Waals surface area contributed by atoms with E-state index in [1.54, 1.807) is 19.1 Å². The molecule has 0 aliphatic carbocycles. The molecule has 0 atom stereocenters. The van der Waals surface area contributed by atoms with Crippen molar-refractivity contribution in [2.24, 2.45) is 0 Å². The minimum Gasteiger partial charge on any atom is -0.507 e. The Hall–Kier alpha value is -2.35. The molecule has 1 saturated heterocycles. The van der Waals surface area contributed by atoms with Crippen LogP contribution in [0.15, 0.2) is 22.3 Å². The van der Waals surface area contributed by atoms with Crippen LogP contribution in [0.25, 0.3) is 6.08 Å².